The van der Waals surface area contributed by atoms with Gasteiger partial charge in [0.2, 0.25) is 5.91 Å². The van der Waals surface area contributed by atoms with E-state index >= 15 is 0 Å². The predicted molar refractivity (Wildman–Crippen MR) is 323 cm³/mol. The van der Waals surface area contributed by atoms with Crippen LogP contribution in [-0.4, -0.2) is 140 Å². The molecule has 464 valence electrons. The molecule has 2 aliphatic rings. The van der Waals surface area contributed by atoms with Crippen molar-refractivity contribution in [2.24, 2.45) is 0 Å². The van der Waals surface area contributed by atoms with Gasteiger partial charge in [0.15, 0.2) is 12.6 Å². The molecule has 0 radical (unpaired) electrons. The minimum atomic E-state index is -1.80. The molecule has 12 unspecified atom stereocenters. The molecule has 1 amide bonds. The van der Waals surface area contributed by atoms with E-state index in [0.717, 1.165) is 77.0 Å². The molecule has 0 saturated carbocycles. The average molecular weight is 1130 g/mol. The average Bonchev–Trinajstić information content (AvgIpc) is 3.46. The van der Waals surface area contributed by atoms with Gasteiger partial charge in [-0.25, -0.2) is 0 Å². The van der Waals surface area contributed by atoms with Crippen molar-refractivity contribution < 1.29 is 64.6 Å². The number of hydrogen-bond donors (Lipinski definition) is 9. The highest BCUT2D eigenvalue weighted by Crippen LogP contribution is 2.30. The third kappa shape index (κ3) is 35.5. The number of carbonyl (C=O) groups is 1. The Kier molecular flexibility index (Phi) is 46.8. The standard InChI is InChI=1S/C66H117NO13/c1-3-5-7-9-11-13-15-17-19-21-23-25-26-27-28-30-31-33-35-37-39-41-43-45-47-49-55(70)54(53-77-65-63(76)61(74)64(57(52-69)79-65)80-66-62(75)60(73)59(72)56(51-68)78-66)67-58(71)50-48-46-44-42-40-38-36-34-32-29-24-22-20-18-16-14-12-10-8-6-4-2/h16,18,22,24,31-34,39,41,47,49,54-57,59-66,68-70,72-76H,3-15,17,19-21,23,25-30,35-38,40,42-46,48,50-53H2,1-2H3,(H,67,71)/b18-16-,24-22-,33-31+,34-32-,41-39+,49-47+. The van der Waals surface area contributed by atoms with Crippen molar-refractivity contribution in [2.75, 3.05) is 19.8 Å². The van der Waals surface area contributed by atoms with Crippen LogP contribution in [0.3, 0.4) is 0 Å². The summed E-state index contributed by atoms with van der Waals surface area (Å²) < 4.78 is 22.8. The Labute approximate surface area is 485 Å². The first-order chi connectivity index (χ1) is 39.1. The summed E-state index contributed by atoms with van der Waals surface area (Å²) in [6.07, 6.45) is 50.9. The summed E-state index contributed by atoms with van der Waals surface area (Å²) in [6.45, 7) is 2.76. The Morgan fingerprint density at radius 1 is 0.450 bits per heavy atom. The van der Waals surface area contributed by atoms with Gasteiger partial charge in [0.05, 0.1) is 32.0 Å². The first kappa shape index (κ1) is 73.5. The highest BCUT2D eigenvalue weighted by molar-refractivity contribution is 5.76. The van der Waals surface area contributed by atoms with Crippen LogP contribution in [0.2, 0.25) is 0 Å². The lowest BCUT2D eigenvalue weighted by Gasteiger charge is -2.46. The van der Waals surface area contributed by atoms with Crippen LogP contribution in [0.15, 0.2) is 72.9 Å². The zero-order chi connectivity index (χ0) is 58.1. The minimum absolute atomic E-state index is 0.252. The SMILES string of the molecule is CCCCCCC/C=C\C/C=C\C/C=C\CCCCCCCCC(=O)NC(COC1OC(CO)C(OC2OC(CO)C(O)C(O)C2O)C(O)C1O)C(O)/C=C/CC/C=C/CC/C=C/CCCCCCCCCCCCCCCCC. The normalized spacial score (nSPS) is 24.7. The van der Waals surface area contributed by atoms with Crippen molar-refractivity contribution in [2.45, 2.75) is 319 Å². The summed E-state index contributed by atoms with van der Waals surface area (Å²) in [4.78, 5) is 13.3. The van der Waals surface area contributed by atoms with E-state index in [-0.39, 0.29) is 18.9 Å². The molecule has 2 rings (SSSR count). The van der Waals surface area contributed by atoms with Gasteiger partial charge < -0.3 is 65.1 Å². The number of hydrogen-bond acceptors (Lipinski definition) is 13. The molecule has 14 heteroatoms. The smallest absolute Gasteiger partial charge is 0.220 e. The van der Waals surface area contributed by atoms with Crippen LogP contribution in [0.4, 0.5) is 0 Å². The van der Waals surface area contributed by atoms with Crippen molar-refractivity contribution in [3.8, 4) is 0 Å². The predicted octanol–water partition coefficient (Wildman–Crippen LogP) is 11.9. The Morgan fingerprint density at radius 3 is 1.31 bits per heavy atom. The van der Waals surface area contributed by atoms with E-state index < -0.39 is 86.8 Å². The van der Waals surface area contributed by atoms with E-state index in [0.29, 0.717) is 12.8 Å². The number of allylic oxidation sites excluding steroid dienone is 11. The second-order valence-electron chi connectivity index (χ2n) is 22.5. The van der Waals surface area contributed by atoms with Gasteiger partial charge in [-0.15, -0.1) is 0 Å². The molecule has 2 saturated heterocycles. The van der Waals surface area contributed by atoms with Gasteiger partial charge in [0.1, 0.15) is 48.8 Å². The Morgan fingerprint density at radius 2 is 0.838 bits per heavy atom. The summed E-state index contributed by atoms with van der Waals surface area (Å²) in [5.41, 5.74) is 0. The van der Waals surface area contributed by atoms with E-state index in [9.17, 15) is 45.6 Å². The van der Waals surface area contributed by atoms with Crippen molar-refractivity contribution in [3.63, 3.8) is 0 Å². The Bertz CT molecular complexity index is 1620. The van der Waals surface area contributed by atoms with E-state index in [1.54, 1.807) is 6.08 Å². The largest absolute Gasteiger partial charge is 0.394 e. The maximum Gasteiger partial charge on any atom is 0.220 e. The van der Waals surface area contributed by atoms with Crippen LogP contribution >= 0.6 is 0 Å². The Hall–Kier alpha value is -2.57. The van der Waals surface area contributed by atoms with Crippen molar-refractivity contribution in [1.82, 2.24) is 5.32 Å². The molecule has 0 aliphatic carbocycles. The van der Waals surface area contributed by atoms with Crippen LogP contribution in [-0.2, 0) is 23.7 Å². The molecule has 2 aliphatic heterocycles. The summed E-state index contributed by atoms with van der Waals surface area (Å²) in [5.74, 6) is -0.266. The number of aliphatic hydroxyl groups excluding tert-OH is 8. The topological polar surface area (TPSA) is 228 Å². The van der Waals surface area contributed by atoms with Crippen LogP contribution in [0.25, 0.3) is 0 Å². The fourth-order valence-electron chi connectivity index (χ4n) is 10.2. The van der Waals surface area contributed by atoms with Crippen molar-refractivity contribution in [3.05, 3.63) is 72.9 Å². The lowest BCUT2D eigenvalue weighted by molar-refractivity contribution is -0.359. The number of aliphatic hydroxyl groups is 8. The quantitative estimate of drug-likeness (QED) is 0.0204. The molecule has 9 N–H and O–H groups in total. The van der Waals surface area contributed by atoms with E-state index in [1.807, 2.05) is 6.08 Å². The highest BCUT2D eigenvalue weighted by Gasteiger charge is 2.51. The molecule has 14 nitrogen and oxygen atoms in total. The fourth-order valence-corrected chi connectivity index (χ4v) is 10.2. The van der Waals surface area contributed by atoms with Crippen LogP contribution in [0.1, 0.15) is 245 Å². The van der Waals surface area contributed by atoms with E-state index in [4.69, 9.17) is 18.9 Å². The van der Waals surface area contributed by atoms with Crippen LogP contribution < -0.4 is 5.32 Å². The summed E-state index contributed by atoms with van der Waals surface area (Å²) in [6, 6.07) is -0.950. The third-order valence-electron chi connectivity index (χ3n) is 15.3. The van der Waals surface area contributed by atoms with Crippen LogP contribution in [0.5, 0.6) is 0 Å². The highest BCUT2D eigenvalue weighted by atomic mass is 16.7. The molecular formula is C66H117NO13. The summed E-state index contributed by atoms with van der Waals surface area (Å²) in [5, 5.41) is 87.2. The molecule has 0 bridgehead atoms. The molecule has 2 heterocycles. The van der Waals surface area contributed by atoms with Gasteiger partial charge >= 0.3 is 0 Å². The molecule has 0 aromatic heterocycles. The maximum absolute atomic E-state index is 13.3. The number of rotatable bonds is 51. The van der Waals surface area contributed by atoms with Crippen molar-refractivity contribution >= 4 is 5.91 Å². The molecule has 12 atom stereocenters. The number of amides is 1. The second kappa shape index (κ2) is 50.9. The molecule has 0 aromatic rings. The number of carbonyl (C=O) groups excluding carboxylic acids is 1. The van der Waals surface area contributed by atoms with Gasteiger partial charge in [-0.1, -0.05) is 228 Å². The van der Waals surface area contributed by atoms with Gasteiger partial charge in [-0.2, -0.15) is 0 Å². The van der Waals surface area contributed by atoms with E-state index in [1.165, 1.54) is 135 Å². The minimum Gasteiger partial charge on any atom is -0.394 e. The molecule has 0 aromatic carbocycles. The number of ether oxygens (including phenoxy) is 4. The molecule has 0 spiro atoms. The summed E-state index contributed by atoms with van der Waals surface area (Å²) >= 11 is 0. The van der Waals surface area contributed by atoms with Crippen molar-refractivity contribution in [1.29, 1.82) is 0 Å². The third-order valence-corrected chi connectivity index (χ3v) is 15.3. The first-order valence-electron chi connectivity index (χ1n) is 32.2. The zero-order valence-corrected chi connectivity index (χ0v) is 50.1. The number of unbranched alkanes of at least 4 members (excludes halogenated alkanes) is 28. The zero-order valence-electron chi connectivity index (χ0n) is 50.1. The molecule has 2 fully saturated rings. The lowest BCUT2D eigenvalue weighted by Crippen LogP contribution is -2.65. The monoisotopic (exact) mass is 1130 g/mol. The maximum atomic E-state index is 13.3. The summed E-state index contributed by atoms with van der Waals surface area (Å²) in [7, 11) is 0. The fraction of sp³-hybridized carbons (Fsp3) is 0.803. The van der Waals surface area contributed by atoms with E-state index in [2.05, 4.69) is 79.9 Å². The molecule has 80 heavy (non-hydrogen) atoms. The first-order valence-corrected chi connectivity index (χ1v) is 32.2. The van der Waals surface area contributed by atoms with Gasteiger partial charge in [-0.3, -0.25) is 4.79 Å². The van der Waals surface area contributed by atoms with Crippen LogP contribution in [0, 0.1) is 0 Å². The van der Waals surface area contributed by atoms with Gasteiger partial charge in [0, 0.05) is 6.42 Å². The Balaban J connectivity index is 1.77. The van der Waals surface area contributed by atoms with Gasteiger partial charge in [-0.05, 0) is 83.5 Å². The van der Waals surface area contributed by atoms with Gasteiger partial charge in [0.25, 0.3) is 0 Å². The second-order valence-corrected chi connectivity index (χ2v) is 22.5. The molecular weight excluding hydrogens is 1010 g/mol. The number of nitrogens with one attached hydrogen (secondary N) is 1. The lowest BCUT2D eigenvalue weighted by atomic mass is 9.97.